The van der Waals surface area contributed by atoms with E-state index in [0.717, 1.165) is 9.02 Å². The van der Waals surface area contributed by atoms with Gasteiger partial charge in [-0.2, -0.15) is 0 Å². The molecule has 3 nitrogen and oxygen atoms in total. The minimum absolute atomic E-state index is 0.416. The van der Waals surface area contributed by atoms with Crippen LogP contribution in [0, 0.1) is 0 Å². The van der Waals surface area contributed by atoms with Crippen molar-refractivity contribution in [2.75, 3.05) is 6.61 Å². The molecule has 10 heterocycles. The fourth-order valence-electron chi connectivity index (χ4n) is 18.1. The van der Waals surface area contributed by atoms with E-state index in [1.165, 1.54) is 27.1 Å². The molecule has 86 valence electrons. The molecule has 5 atom stereocenters. The molecule has 0 aliphatic carbocycles. The minimum atomic E-state index is -3.60. The molecule has 10 fully saturated rings. The summed E-state index contributed by atoms with van der Waals surface area (Å²) in [4.78, 5) is 0. The topological polar surface area (TPSA) is 52.8 Å². The van der Waals surface area contributed by atoms with E-state index in [0.29, 0.717) is 14.6 Å². The van der Waals surface area contributed by atoms with Crippen LogP contribution in [0.25, 0.3) is 0 Å². The number of rotatable bonds is 2. The molecule has 10 aliphatic rings. The Morgan fingerprint density at radius 1 is 1.06 bits per heavy atom. The summed E-state index contributed by atoms with van der Waals surface area (Å²) in [5.41, 5.74) is 0. The average Bonchev–Trinajstić information content (AvgIpc) is 3.24. The molecule has 0 amide bonds. The van der Waals surface area contributed by atoms with Crippen LogP contribution in [0.3, 0.4) is 0 Å². The Kier molecular flexibility index (Phi) is 0.152. The number of aliphatic hydroxyl groups is 1. The molecule has 2 N–H and O–H groups in total. The molecular weight excluding hydrogens is 291 g/mol. The van der Waals surface area contributed by atoms with Gasteiger partial charge in [-0.3, -0.25) is 0 Å². The zero-order chi connectivity index (χ0) is 10.1. The van der Waals surface area contributed by atoms with Crippen molar-refractivity contribution < 1.29 is 18.0 Å². The monoisotopic (exact) mass is 305 g/mol. The van der Waals surface area contributed by atoms with Crippen LogP contribution in [0.2, 0.25) is 44.1 Å². The van der Waals surface area contributed by atoms with E-state index in [1.807, 2.05) is 6.21 Å². The SMILES string of the molecule is OC[C]12[CH]3[CH]4[CH]5[C]1(C=NO)[Ru]45321678[CH]2[CH]1[CH]6[CH]7[CH]28. The van der Waals surface area contributed by atoms with Gasteiger partial charge in [0.1, 0.15) is 0 Å². The van der Waals surface area contributed by atoms with Gasteiger partial charge in [-0.25, -0.2) is 0 Å². The quantitative estimate of drug-likeness (QED) is 0.356. The normalized spacial score (nSPS) is 131. The van der Waals surface area contributed by atoms with E-state index in [4.69, 9.17) is 5.21 Å². The van der Waals surface area contributed by atoms with Crippen LogP contribution >= 0.6 is 0 Å². The summed E-state index contributed by atoms with van der Waals surface area (Å²) in [6.45, 7) is 0.482. The van der Waals surface area contributed by atoms with Gasteiger partial charge in [0, 0.05) is 0 Å². The van der Waals surface area contributed by atoms with Gasteiger partial charge < -0.3 is 0 Å². The first-order valence-electron chi connectivity index (χ1n) is 6.56. The van der Waals surface area contributed by atoms with Crippen molar-refractivity contribution in [3.05, 3.63) is 0 Å². The van der Waals surface area contributed by atoms with Crippen LogP contribution in [0.1, 0.15) is 0 Å². The van der Waals surface area contributed by atoms with Gasteiger partial charge in [0.25, 0.3) is 0 Å². The summed E-state index contributed by atoms with van der Waals surface area (Å²) in [6, 6.07) is 0. The molecule has 10 rings (SSSR count). The predicted molar refractivity (Wildman–Crippen MR) is 52.8 cm³/mol. The number of hydrogen-bond donors (Lipinski definition) is 2. The molecule has 1 spiro atoms. The zero-order valence-electron chi connectivity index (χ0n) is 8.60. The zero-order valence-corrected chi connectivity index (χ0v) is 10.3. The molecule has 0 aromatic rings. The molecular formula is C12H13NO2Ru. The Labute approximate surface area is 80.2 Å². The van der Waals surface area contributed by atoms with Crippen LogP contribution < -0.4 is 0 Å². The molecule has 0 bridgehead atoms. The maximum absolute atomic E-state index is 10.2. The third-order valence-corrected chi connectivity index (χ3v) is 84.2. The standard InChI is InChI=1S/C7H8NO2.C5H5.Ru/c9-5-7-3-1-2-6(7)4-8-10;1-2-4-5-3-1;/h1-4,9-10H,5H2;1-5H;. The molecule has 4 heteroatoms. The summed E-state index contributed by atoms with van der Waals surface area (Å²) < 4.78 is 10.2. The van der Waals surface area contributed by atoms with Gasteiger partial charge in [0.05, 0.1) is 0 Å². The molecule has 0 radical (unpaired) electrons. The van der Waals surface area contributed by atoms with Crippen LogP contribution in [0.5, 0.6) is 0 Å². The first-order chi connectivity index (χ1) is 7.56. The van der Waals surface area contributed by atoms with Crippen LogP contribution in [0.4, 0.5) is 0 Å². The van der Waals surface area contributed by atoms with Crippen molar-refractivity contribution in [1.82, 2.24) is 0 Å². The van der Waals surface area contributed by atoms with Gasteiger partial charge in [-0.05, 0) is 0 Å². The second kappa shape index (κ2) is 0.421. The van der Waals surface area contributed by atoms with Gasteiger partial charge in [0.15, 0.2) is 0 Å². The van der Waals surface area contributed by atoms with E-state index >= 15 is 0 Å². The molecule has 0 aromatic carbocycles. The van der Waals surface area contributed by atoms with Gasteiger partial charge in [0.2, 0.25) is 0 Å². The van der Waals surface area contributed by atoms with E-state index in [-0.39, 0.29) is 0 Å². The van der Waals surface area contributed by atoms with Gasteiger partial charge in [-0.15, -0.1) is 0 Å². The van der Waals surface area contributed by atoms with Crippen molar-refractivity contribution >= 4 is 6.21 Å². The summed E-state index contributed by atoms with van der Waals surface area (Å²) in [5, 5.41) is 22.8. The fraction of sp³-hybridized carbons (Fsp3) is 0.917. The first kappa shape index (κ1) is 5.80. The molecule has 10 saturated heterocycles. The van der Waals surface area contributed by atoms with Crippen molar-refractivity contribution in [1.29, 1.82) is 0 Å². The summed E-state index contributed by atoms with van der Waals surface area (Å²) >= 11 is 0. The number of oxime groups is 1. The number of aliphatic hydroxyl groups excluding tert-OH is 1. The predicted octanol–water partition coefficient (Wildman–Crippen LogP) is 2.57. The number of fused-ring (bicyclic) bond motifs is 10. The maximum atomic E-state index is 10.2. The summed E-state index contributed by atoms with van der Waals surface area (Å²) in [6.07, 6.45) is 2.01. The van der Waals surface area contributed by atoms with Crippen LogP contribution in [-0.4, -0.2) is 23.1 Å². The Hall–Kier alpha value is 0.0534. The molecule has 16 heavy (non-hydrogen) atoms. The summed E-state index contributed by atoms with van der Waals surface area (Å²) in [5.74, 6) is 0. The van der Waals surface area contributed by atoms with Crippen molar-refractivity contribution in [2.24, 2.45) is 5.16 Å². The Morgan fingerprint density at radius 3 is 2.00 bits per heavy atom. The second-order valence-electron chi connectivity index (χ2n) is 10.4. The average molecular weight is 304 g/mol. The number of hydrogen-bond acceptors (Lipinski definition) is 3. The Bertz CT molecular complexity index is 971. The molecule has 5 unspecified atom stereocenters. The van der Waals surface area contributed by atoms with Crippen molar-refractivity contribution in [3.8, 4) is 0 Å². The van der Waals surface area contributed by atoms with Crippen molar-refractivity contribution in [3.63, 3.8) is 0 Å². The number of nitrogens with zero attached hydrogens (tertiary/aromatic N) is 1. The van der Waals surface area contributed by atoms with Gasteiger partial charge >= 0.3 is 80.1 Å². The summed E-state index contributed by atoms with van der Waals surface area (Å²) in [7, 11) is -3.60. The third kappa shape index (κ3) is 0.0437. The van der Waals surface area contributed by atoms with Gasteiger partial charge in [-0.1, -0.05) is 0 Å². The third-order valence-electron chi connectivity index (χ3n) is 15.8. The van der Waals surface area contributed by atoms with E-state index in [9.17, 15) is 5.11 Å². The van der Waals surface area contributed by atoms with Crippen molar-refractivity contribution in [2.45, 2.75) is 44.1 Å². The Balaban J connectivity index is 1.81. The molecule has 10 aliphatic heterocycles. The molecule has 0 aromatic heterocycles. The molecule has 0 saturated carbocycles. The first-order valence-corrected chi connectivity index (χ1v) is 16.3. The Morgan fingerprint density at radius 2 is 1.69 bits per heavy atom. The van der Waals surface area contributed by atoms with Crippen LogP contribution in [0.15, 0.2) is 5.16 Å². The van der Waals surface area contributed by atoms with E-state index in [1.54, 1.807) is 0 Å². The van der Waals surface area contributed by atoms with Crippen LogP contribution in [-0.2, 0) is 7.72 Å². The van der Waals surface area contributed by atoms with E-state index < -0.39 is 7.72 Å². The second-order valence-corrected chi connectivity index (χ2v) is 47.1. The fourth-order valence-corrected chi connectivity index (χ4v) is 153. The van der Waals surface area contributed by atoms with E-state index in [2.05, 4.69) is 5.16 Å².